The molecule has 2 N–H and O–H groups in total. The number of pyridine rings is 1. The fraction of sp³-hybridized carbons (Fsp3) is 0.600. The molecule has 0 saturated carbocycles. The normalized spacial score (nSPS) is 18.1. The topological polar surface area (TPSA) is 57.3 Å². The summed E-state index contributed by atoms with van der Waals surface area (Å²) in [4.78, 5) is 18.3. The van der Waals surface area contributed by atoms with E-state index in [1.165, 1.54) is 30.5 Å². The zero-order valence-electron chi connectivity index (χ0n) is 12.0. The molecule has 108 valence electrons. The Labute approximate surface area is 119 Å². The Kier molecular flexibility index (Phi) is 3.76. The summed E-state index contributed by atoms with van der Waals surface area (Å²) in [6.45, 7) is 4.68. The second-order valence-corrected chi connectivity index (χ2v) is 5.61. The van der Waals surface area contributed by atoms with Gasteiger partial charge in [0.1, 0.15) is 5.82 Å². The monoisotopic (exact) mass is 274 g/mol. The summed E-state index contributed by atoms with van der Waals surface area (Å²) >= 11 is 0. The molecular weight excluding hydrogens is 252 g/mol. The first-order valence-corrected chi connectivity index (χ1v) is 7.54. The van der Waals surface area contributed by atoms with E-state index in [0.29, 0.717) is 0 Å². The number of piperidine rings is 1. The third-order valence-electron chi connectivity index (χ3n) is 4.03. The fourth-order valence-electron chi connectivity index (χ4n) is 3.16. The Morgan fingerprint density at radius 3 is 2.85 bits per heavy atom. The molecule has 1 saturated heterocycles. The van der Waals surface area contributed by atoms with Gasteiger partial charge in [-0.3, -0.25) is 4.79 Å². The van der Waals surface area contributed by atoms with Crippen LogP contribution in [0, 0.1) is 0 Å². The van der Waals surface area contributed by atoms with E-state index in [9.17, 15) is 4.79 Å². The summed E-state index contributed by atoms with van der Waals surface area (Å²) in [6.07, 6.45) is 7.71. The number of anilines is 3. The first kappa shape index (κ1) is 13.2. The van der Waals surface area contributed by atoms with Crippen LogP contribution >= 0.6 is 0 Å². The molecule has 2 aliphatic rings. The van der Waals surface area contributed by atoms with Crippen molar-refractivity contribution < 1.29 is 4.79 Å². The molecule has 0 atom stereocenters. The number of rotatable bonds is 2. The number of amides is 1. The largest absolute Gasteiger partial charge is 0.370 e. The van der Waals surface area contributed by atoms with E-state index in [0.717, 1.165) is 44.0 Å². The average Bonchev–Trinajstić information content (AvgIpc) is 2.47. The van der Waals surface area contributed by atoms with E-state index in [2.05, 4.69) is 20.5 Å². The lowest BCUT2D eigenvalue weighted by Crippen LogP contribution is -2.32. The van der Waals surface area contributed by atoms with Crippen LogP contribution in [0.3, 0.4) is 0 Å². The lowest BCUT2D eigenvalue weighted by atomic mass is 10.0. The molecule has 0 radical (unpaired) electrons. The maximum atomic E-state index is 11.4. The Morgan fingerprint density at radius 2 is 2.10 bits per heavy atom. The molecule has 1 aromatic rings. The lowest BCUT2D eigenvalue weighted by Gasteiger charge is -2.34. The summed E-state index contributed by atoms with van der Waals surface area (Å²) in [5.41, 5.74) is 3.32. The van der Waals surface area contributed by atoms with Crippen LogP contribution in [0.5, 0.6) is 0 Å². The number of aromatic nitrogens is 1. The van der Waals surface area contributed by atoms with Crippen LogP contribution in [0.15, 0.2) is 6.20 Å². The molecule has 0 aliphatic carbocycles. The molecule has 3 rings (SSSR count). The molecule has 0 aromatic carbocycles. The Bertz CT molecular complexity index is 509. The third-order valence-corrected chi connectivity index (χ3v) is 4.03. The first-order valence-electron chi connectivity index (χ1n) is 7.54. The van der Waals surface area contributed by atoms with Crippen molar-refractivity contribution in [3.8, 4) is 0 Å². The van der Waals surface area contributed by atoms with Gasteiger partial charge in [0.15, 0.2) is 0 Å². The highest BCUT2D eigenvalue weighted by Crippen LogP contribution is 2.37. The molecule has 0 spiro atoms. The maximum Gasteiger partial charge on any atom is 0.221 e. The van der Waals surface area contributed by atoms with Crippen LogP contribution in [0.2, 0.25) is 0 Å². The molecule has 1 aromatic heterocycles. The van der Waals surface area contributed by atoms with Crippen molar-refractivity contribution in [3.63, 3.8) is 0 Å². The van der Waals surface area contributed by atoms with Crippen LogP contribution in [-0.4, -0.2) is 30.5 Å². The van der Waals surface area contributed by atoms with Gasteiger partial charge in [-0.1, -0.05) is 0 Å². The predicted octanol–water partition coefficient (Wildman–Crippen LogP) is 2.39. The van der Waals surface area contributed by atoms with Gasteiger partial charge in [0.25, 0.3) is 0 Å². The molecule has 0 bridgehead atoms. The Hall–Kier alpha value is -1.78. The zero-order chi connectivity index (χ0) is 13.9. The molecule has 0 unspecified atom stereocenters. The second-order valence-electron chi connectivity index (χ2n) is 5.61. The summed E-state index contributed by atoms with van der Waals surface area (Å²) < 4.78 is 0. The van der Waals surface area contributed by atoms with Gasteiger partial charge >= 0.3 is 0 Å². The number of hydrogen-bond acceptors (Lipinski definition) is 4. The molecule has 3 heterocycles. The number of fused-ring (bicyclic) bond motifs is 1. The van der Waals surface area contributed by atoms with Gasteiger partial charge in [-0.15, -0.1) is 0 Å². The highest BCUT2D eigenvalue weighted by molar-refractivity contribution is 5.94. The van der Waals surface area contributed by atoms with Crippen LogP contribution < -0.4 is 15.5 Å². The second kappa shape index (κ2) is 5.69. The van der Waals surface area contributed by atoms with Crippen LogP contribution in [0.4, 0.5) is 17.2 Å². The Morgan fingerprint density at radius 1 is 1.30 bits per heavy atom. The number of hydrogen-bond donors (Lipinski definition) is 2. The summed E-state index contributed by atoms with van der Waals surface area (Å²) in [5.74, 6) is 0.958. The van der Waals surface area contributed by atoms with Crippen LogP contribution in [-0.2, 0) is 11.2 Å². The molecular formula is C15H22N4O. The standard InChI is InChI=1S/C15H22N4O/c1-11(20)18-13-10-17-15-12(6-5-7-16-15)14(13)19-8-3-2-4-9-19/h10H,2-9H2,1H3,(H,16,17)(H,18,20). The highest BCUT2D eigenvalue weighted by Gasteiger charge is 2.23. The molecule has 1 fully saturated rings. The number of carbonyl (C=O) groups excluding carboxylic acids is 1. The quantitative estimate of drug-likeness (QED) is 0.869. The summed E-state index contributed by atoms with van der Waals surface area (Å²) in [5, 5.41) is 6.32. The van der Waals surface area contributed by atoms with E-state index >= 15 is 0 Å². The number of nitrogens with zero attached hydrogens (tertiary/aromatic N) is 2. The van der Waals surface area contributed by atoms with Gasteiger partial charge < -0.3 is 15.5 Å². The van der Waals surface area contributed by atoms with Crippen LogP contribution in [0.1, 0.15) is 38.2 Å². The van der Waals surface area contributed by atoms with Crippen molar-refractivity contribution in [2.75, 3.05) is 35.2 Å². The van der Waals surface area contributed by atoms with Gasteiger partial charge in [-0.2, -0.15) is 0 Å². The molecule has 20 heavy (non-hydrogen) atoms. The third kappa shape index (κ3) is 2.57. The number of carbonyl (C=O) groups is 1. The predicted molar refractivity (Wildman–Crippen MR) is 81.4 cm³/mol. The van der Waals surface area contributed by atoms with E-state index in [-0.39, 0.29) is 5.91 Å². The molecule has 5 heteroatoms. The van der Waals surface area contributed by atoms with Gasteiger partial charge in [0.05, 0.1) is 17.6 Å². The summed E-state index contributed by atoms with van der Waals surface area (Å²) in [7, 11) is 0. The van der Waals surface area contributed by atoms with E-state index in [1.807, 2.05) is 0 Å². The van der Waals surface area contributed by atoms with Crippen molar-refractivity contribution in [3.05, 3.63) is 11.8 Å². The number of nitrogens with one attached hydrogen (secondary N) is 2. The van der Waals surface area contributed by atoms with E-state index in [1.54, 1.807) is 13.1 Å². The maximum absolute atomic E-state index is 11.4. The molecule has 1 amide bonds. The minimum Gasteiger partial charge on any atom is -0.370 e. The smallest absolute Gasteiger partial charge is 0.221 e. The SMILES string of the molecule is CC(=O)Nc1cnc2c(c1N1CCCCC1)CCCN2. The fourth-order valence-corrected chi connectivity index (χ4v) is 3.16. The highest BCUT2D eigenvalue weighted by atomic mass is 16.1. The van der Waals surface area contributed by atoms with Crippen molar-refractivity contribution in [1.82, 2.24) is 4.98 Å². The molecule has 2 aliphatic heterocycles. The minimum absolute atomic E-state index is 0.0335. The zero-order valence-corrected chi connectivity index (χ0v) is 12.0. The van der Waals surface area contributed by atoms with Crippen LogP contribution in [0.25, 0.3) is 0 Å². The van der Waals surface area contributed by atoms with Crippen molar-refractivity contribution >= 4 is 23.1 Å². The molecule has 5 nitrogen and oxygen atoms in total. The average molecular weight is 274 g/mol. The first-order chi connectivity index (χ1) is 9.75. The lowest BCUT2D eigenvalue weighted by molar-refractivity contribution is -0.114. The van der Waals surface area contributed by atoms with E-state index < -0.39 is 0 Å². The Balaban J connectivity index is 2.03. The minimum atomic E-state index is -0.0335. The van der Waals surface area contributed by atoms with Gasteiger partial charge in [-0.25, -0.2) is 4.98 Å². The summed E-state index contributed by atoms with van der Waals surface area (Å²) in [6, 6.07) is 0. The van der Waals surface area contributed by atoms with Gasteiger partial charge in [-0.05, 0) is 32.1 Å². The van der Waals surface area contributed by atoms with Crippen molar-refractivity contribution in [2.45, 2.75) is 39.0 Å². The van der Waals surface area contributed by atoms with Gasteiger partial charge in [0, 0.05) is 32.1 Å². The van der Waals surface area contributed by atoms with Crippen molar-refractivity contribution in [1.29, 1.82) is 0 Å². The van der Waals surface area contributed by atoms with Crippen molar-refractivity contribution in [2.24, 2.45) is 0 Å². The van der Waals surface area contributed by atoms with Gasteiger partial charge in [0.2, 0.25) is 5.91 Å². The van der Waals surface area contributed by atoms with E-state index in [4.69, 9.17) is 0 Å².